The average Bonchev–Trinajstić information content (AvgIpc) is 2.61. The van der Waals surface area contributed by atoms with Crippen LogP contribution in [0.5, 0.6) is 11.5 Å². The third-order valence-electron chi connectivity index (χ3n) is 3.72. The number of rotatable bonds is 14. The van der Waals surface area contributed by atoms with Crippen LogP contribution >= 0.6 is 0 Å². The van der Waals surface area contributed by atoms with Crippen LogP contribution in [-0.4, -0.2) is 70.3 Å². The van der Waals surface area contributed by atoms with Gasteiger partial charge in [-0.25, -0.2) is 0 Å². The molecule has 25 heavy (non-hydrogen) atoms. The summed E-state index contributed by atoms with van der Waals surface area (Å²) < 4.78 is 21.3. The number of para-hydroxylation sites is 1. The first-order valence-corrected chi connectivity index (χ1v) is 8.44. The van der Waals surface area contributed by atoms with Crippen molar-refractivity contribution in [2.45, 2.75) is 19.1 Å². The Kier molecular flexibility index (Phi) is 10.9. The molecule has 0 heterocycles. The molecule has 0 amide bonds. The van der Waals surface area contributed by atoms with Crippen molar-refractivity contribution >= 4 is 0 Å². The summed E-state index contributed by atoms with van der Waals surface area (Å²) in [5.74, 6) is 1.42. The Bertz CT molecular complexity index is 495. The molecule has 0 aromatic heterocycles. The summed E-state index contributed by atoms with van der Waals surface area (Å²) in [6, 6.07) is 5.81. The van der Waals surface area contributed by atoms with Gasteiger partial charge in [-0.1, -0.05) is 18.2 Å². The van der Waals surface area contributed by atoms with Crippen molar-refractivity contribution in [3.05, 3.63) is 36.4 Å². The van der Waals surface area contributed by atoms with Crippen LogP contribution in [-0.2, 0) is 16.0 Å². The molecule has 0 aliphatic carbocycles. The predicted molar refractivity (Wildman–Crippen MR) is 98.3 cm³/mol. The molecule has 1 atom stereocenters. The molecule has 0 aliphatic heterocycles. The van der Waals surface area contributed by atoms with Gasteiger partial charge in [0.25, 0.3) is 0 Å². The SMILES string of the molecule is C=CCOCC(O)CN(CCCOC)Cc1cccc(OC)c1OC. The number of ether oxygens (including phenoxy) is 4. The lowest BCUT2D eigenvalue weighted by atomic mass is 10.1. The second-order valence-corrected chi connectivity index (χ2v) is 5.71. The minimum atomic E-state index is -0.570. The molecule has 0 spiro atoms. The first-order valence-electron chi connectivity index (χ1n) is 8.44. The number of nitrogens with zero attached hydrogens (tertiary/aromatic N) is 1. The van der Waals surface area contributed by atoms with Gasteiger partial charge in [0.15, 0.2) is 11.5 Å². The van der Waals surface area contributed by atoms with Crippen LogP contribution in [0.4, 0.5) is 0 Å². The molecular weight excluding hydrogens is 322 g/mol. The van der Waals surface area contributed by atoms with Crippen LogP contribution in [0.1, 0.15) is 12.0 Å². The molecule has 1 N–H and O–H groups in total. The second-order valence-electron chi connectivity index (χ2n) is 5.71. The number of methoxy groups -OCH3 is 3. The van der Waals surface area contributed by atoms with Gasteiger partial charge >= 0.3 is 0 Å². The Morgan fingerprint density at radius 1 is 1.24 bits per heavy atom. The third-order valence-corrected chi connectivity index (χ3v) is 3.72. The molecular formula is C19H31NO5. The molecule has 0 saturated carbocycles. The average molecular weight is 353 g/mol. The van der Waals surface area contributed by atoms with Crippen molar-refractivity contribution in [2.24, 2.45) is 0 Å². The lowest BCUT2D eigenvalue weighted by Crippen LogP contribution is -2.35. The third kappa shape index (κ3) is 7.88. The molecule has 0 fully saturated rings. The molecule has 1 rings (SSSR count). The van der Waals surface area contributed by atoms with Crippen LogP contribution in [0.25, 0.3) is 0 Å². The van der Waals surface area contributed by atoms with Crippen molar-refractivity contribution in [1.29, 1.82) is 0 Å². The molecule has 0 saturated heterocycles. The van der Waals surface area contributed by atoms with Gasteiger partial charge in [-0.3, -0.25) is 4.90 Å². The summed E-state index contributed by atoms with van der Waals surface area (Å²) in [5.41, 5.74) is 1.01. The van der Waals surface area contributed by atoms with Gasteiger partial charge in [0.05, 0.1) is 33.5 Å². The topological polar surface area (TPSA) is 60.4 Å². The minimum Gasteiger partial charge on any atom is -0.493 e. The van der Waals surface area contributed by atoms with E-state index in [1.807, 2.05) is 18.2 Å². The summed E-state index contributed by atoms with van der Waals surface area (Å²) in [7, 11) is 4.95. The molecule has 1 unspecified atom stereocenters. The van der Waals surface area contributed by atoms with Gasteiger partial charge < -0.3 is 24.1 Å². The van der Waals surface area contributed by atoms with E-state index in [1.54, 1.807) is 27.4 Å². The van der Waals surface area contributed by atoms with E-state index in [-0.39, 0.29) is 6.61 Å². The van der Waals surface area contributed by atoms with Crippen LogP contribution < -0.4 is 9.47 Å². The quantitative estimate of drug-likeness (QED) is 0.408. The summed E-state index contributed by atoms with van der Waals surface area (Å²) in [6.07, 6.45) is 1.98. The molecule has 0 aliphatic rings. The summed E-state index contributed by atoms with van der Waals surface area (Å²) in [4.78, 5) is 2.16. The van der Waals surface area contributed by atoms with Gasteiger partial charge in [-0.15, -0.1) is 6.58 Å². The van der Waals surface area contributed by atoms with Gasteiger partial charge in [0, 0.05) is 38.9 Å². The van der Waals surface area contributed by atoms with Crippen molar-refractivity contribution in [2.75, 3.05) is 54.2 Å². The van der Waals surface area contributed by atoms with E-state index in [0.29, 0.717) is 32.1 Å². The van der Waals surface area contributed by atoms with Gasteiger partial charge in [-0.2, -0.15) is 0 Å². The minimum absolute atomic E-state index is 0.280. The molecule has 1 aromatic carbocycles. The summed E-state index contributed by atoms with van der Waals surface area (Å²) >= 11 is 0. The maximum atomic E-state index is 10.2. The van der Waals surface area contributed by atoms with Crippen molar-refractivity contribution < 1.29 is 24.1 Å². The Morgan fingerprint density at radius 2 is 2.04 bits per heavy atom. The number of hydrogen-bond donors (Lipinski definition) is 1. The number of benzene rings is 1. The summed E-state index contributed by atoms with van der Waals surface area (Å²) in [6.45, 7) is 6.93. The van der Waals surface area contributed by atoms with E-state index < -0.39 is 6.10 Å². The molecule has 0 bridgehead atoms. The highest BCUT2D eigenvalue weighted by Crippen LogP contribution is 2.31. The fraction of sp³-hybridized carbons (Fsp3) is 0.579. The van der Waals surface area contributed by atoms with Gasteiger partial charge in [0.1, 0.15) is 0 Å². The zero-order valence-corrected chi connectivity index (χ0v) is 15.6. The number of aliphatic hydroxyl groups is 1. The normalized spacial score (nSPS) is 12.2. The smallest absolute Gasteiger partial charge is 0.165 e. The highest BCUT2D eigenvalue weighted by atomic mass is 16.5. The van der Waals surface area contributed by atoms with Gasteiger partial charge in [0.2, 0.25) is 0 Å². The van der Waals surface area contributed by atoms with E-state index in [1.165, 1.54) is 0 Å². The van der Waals surface area contributed by atoms with Crippen molar-refractivity contribution in [3.8, 4) is 11.5 Å². The molecule has 0 radical (unpaired) electrons. The highest BCUT2D eigenvalue weighted by molar-refractivity contribution is 5.46. The van der Waals surface area contributed by atoms with E-state index in [2.05, 4.69) is 11.5 Å². The lowest BCUT2D eigenvalue weighted by Gasteiger charge is -2.26. The largest absolute Gasteiger partial charge is 0.493 e. The summed E-state index contributed by atoms with van der Waals surface area (Å²) in [5, 5.41) is 10.2. The molecule has 6 heteroatoms. The lowest BCUT2D eigenvalue weighted by molar-refractivity contribution is 0.0228. The Balaban J connectivity index is 2.77. The van der Waals surface area contributed by atoms with E-state index >= 15 is 0 Å². The maximum Gasteiger partial charge on any atom is 0.165 e. The first-order chi connectivity index (χ1) is 12.2. The standard InChI is InChI=1S/C19H31NO5/c1-5-11-25-15-17(21)14-20(10-7-12-22-2)13-16-8-6-9-18(23-3)19(16)24-4/h5-6,8-9,17,21H,1,7,10-15H2,2-4H3. The Morgan fingerprint density at radius 3 is 2.68 bits per heavy atom. The fourth-order valence-corrected chi connectivity index (χ4v) is 2.62. The fourth-order valence-electron chi connectivity index (χ4n) is 2.62. The number of aliphatic hydroxyl groups excluding tert-OH is 1. The number of hydrogen-bond acceptors (Lipinski definition) is 6. The first kappa shape index (κ1) is 21.4. The van der Waals surface area contributed by atoms with E-state index in [9.17, 15) is 5.11 Å². The highest BCUT2D eigenvalue weighted by Gasteiger charge is 2.16. The van der Waals surface area contributed by atoms with E-state index in [0.717, 1.165) is 24.3 Å². The van der Waals surface area contributed by atoms with E-state index in [4.69, 9.17) is 18.9 Å². The molecule has 142 valence electrons. The predicted octanol–water partition coefficient (Wildman–Crippen LogP) is 2.11. The Labute approximate surface area is 150 Å². The second kappa shape index (κ2) is 12.7. The van der Waals surface area contributed by atoms with Crippen molar-refractivity contribution in [1.82, 2.24) is 4.90 Å². The van der Waals surface area contributed by atoms with Crippen LogP contribution in [0.2, 0.25) is 0 Å². The van der Waals surface area contributed by atoms with Crippen LogP contribution in [0.3, 0.4) is 0 Å². The Hall–Kier alpha value is -1.60. The molecule has 6 nitrogen and oxygen atoms in total. The van der Waals surface area contributed by atoms with Crippen molar-refractivity contribution in [3.63, 3.8) is 0 Å². The maximum absolute atomic E-state index is 10.2. The zero-order chi connectivity index (χ0) is 18.5. The van der Waals surface area contributed by atoms with Crippen LogP contribution in [0.15, 0.2) is 30.9 Å². The monoisotopic (exact) mass is 353 g/mol. The zero-order valence-electron chi connectivity index (χ0n) is 15.6. The molecule has 1 aromatic rings. The van der Waals surface area contributed by atoms with Crippen LogP contribution in [0, 0.1) is 0 Å². The van der Waals surface area contributed by atoms with Gasteiger partial charge in [-0.05, 0) is 12.5 Å².